The predicted molar refractivity (Wildman–Crippen MR) is 103 cm³/mol. The van der Waals surface area contributed by atoms with Crippen molar-refractivity contribution in [3.8, 4) is 5.75 Å². The molecule has 0 aromatic heterocycles. The fourth-order valence-corrected chi connectivity index (χ4v) is 2.91. The van der Waals surface area contributed by atoms with Crippen LogP contribution in [-0.4, -0.2) is 18.1 Å². The number of carbonyl (C=O) groups excluding carboxylic acids is 1. The van der Waals surface area contributed by atoms with Gasteiger partial charge in [0.05, 0.1) is 7.11 Å². The molecule has 2 aromatic carbocycles. The van der Waals surface area contributed by atoms with Crippen LogP contribution in [0.5, 0.6) is 5.75 Å². The number of amides is 1. The van der Waals surface area contributed by atoms with Crippen molar-refractivity contribution in [2.24, 2.45) is 5.92 Å². The molecule has 1 aliphatic carbocycles. The quantitative estimate of drug-likeness (QED) is 0.581. The number of benzene rings is 2. The van der Waals surface area contributed by atoms with E-state index in [1.807, 2.05) is 24.3 Å². The highest BCUT2D eigenvalue weighted by atomic mass is 32.1. The second kappa shape index (κ2) is 7.53. The molecule has 0 saturated heterocycles. The Kier molecular flexibility index (Phi) is 5.19. The zero-order valence-electron chi connectivity index (χ0n) is 14.2. The van der Waals surface area contributed by atoms with Gasteiger partial charge in [-0.1, -0.05) is 35.9 Å². The second-order valence-electron chi connectivity index (χ2n) is 6.16. The van der Waals surface area contributed by atoms with Crippen LogP contribution in [0.3, 0.4) is 0 Å². The van der Waals surface area contributed by atoms with Gasteiger partial charge in [-0.05, 0) is 49.2 Å². The number of thiocarbonyl (C=S) groups is 1. The normalized spacial score (nSPS) is 18.2. The van der Waals surface area contributed by atoms with E-state index in [0.717, 1.165) is 17.9 Å². The maximum atomic E-state index is 12.2. The van der Waals surface area contributed by atoms with Crippen molar-refractivity contribution in [1.29, 1.82) is 0 Å². The van der Waals surface area contributed by atoms with E-state index in [0.29, 0.717) is 11.0 Å². The summed E-state index contributed by atoms with van der Waals surface area (Å²) >= 11 is 5.20. The van der Waals surface area contributed by atoms with Crippen LogP contribution < -0.4 is 20.9 Å². The molecule has 3 N–H and O–H groups in total. The van der Waals surface area contributed by atoms with Gasteiger partial charge in [-0.25, -0.2) is 0 Å². The Morgan fingerprint density at radius 1 is 1.16 bits per heavy atom. The third-order valence-corrected chi connectivity index (χ3v) is 4.46. The van der Waals surface area contributed by atoms with Gasteiger partial charge in [-0.2, -0.15) is 0 Å². The Morgan fingerprint density at radius 2 is 1.92 bits per heavy atom. The number of methoxy groups -OCH3 is 1. The van der Waals surface area contributed by atoms with E-state index in [9.17, 15) is 4.79 Å². The molecule has 1 fully saturated rings. The molecule has 2 aromatic rings. The third-order valence-electron chi connectivity index (χ3n) is 4.26. The molecule has 5 nitrogen and oxygen atoms in total. The number of carbonyl (C=O) groups is 1. The summed E-state index contributed by atoms with van der Waals surface area (Å²) in [6.45, 7) is 2.06. The summed E-state index contributed by atoms with van der Waals surface area (Å²) in [6, 6.07) is 15.7. The van der Waals surface area contributed by atoms with Crippen LogP contribution in [0.2, 0.25) is 0 Å². The van der Waals surface area contributed by atoms with Gasteiger partial charge in [0, 0.05) is 17.7 Å². The van der Waals surface area contributed by atoms with Crippen molar-refractivity contribution in [2.75, 3.05) is 12.4 Å². The molecule has 0 heterocycles. The summed E-state index contributed by atoms with van der Waals surface area (Å²) in [6.07, 6.45) is 0.868. The highest BCUT2D eigenvalue weighted by Gasteiger charge is 2.43. The Bertz CT molecular complexity index is 776. The number of hydrogen-bond donors (Lipinski definition) is 3. The maximum absolute atomic E-state index is 12.2. The van der Waals surface area contributed by atoms with Gasteiger partial charge < -0.3 is 10.1 Å². The largest absolute Gasteiger partial charge is 0.497 e. The zero-order valence-corrected chi connectivity index (χ0v) is 15.0. The predicted octanol–water partition coefficient (Wildman–Crippen LogP) is 3.12. The molecule has 130 valence electrons. The SMILES string of the molecule is COc1cccc(NC(=S)NNC(=O)C2CC2c2ccc(C)cc2)c1. The highest BCUT2D eigenvalue weighted by molar-refractivity contribution is 7.80. The highest BCUT2D eigenvalue weighted by Crippen LogP contribution is 2.47. The first kappa shape index (κ1) is 17.2. The van der Waals surface area contributed by atoms with E-state index in [-0.39, 0.29) is 11.8 Å². The smallest absolute Gasteiger partial charge is 0.242 e. The van der Waals surface area contributed by atoms with E-state index in [1.165, 1.54) is 11.1 Å². The molecular weight excluding hydrogens is 334 g/mol. The Morgan fingerprint density at radius 3 is 2.64 bits per heavy atom. The standard InChI is InChI=1S/C19H21N3O2S/c1-12-6-8-13(9-7-12)16-11-17(16)18(23)21-22-19(25)20-14-4-3-5-15(10-14)24-2/h3-10,16-17H,11H2,1-2H3,(H,21,23)(H2,20,22,25). The molecule has 0 aliphatic heterocycles. The van der Waals surface area contributed by atoms with Gasteiger partial charge in [0.25, 0.3) is 0 Å². The Labute approximate surface area is 152 Å². The van der Waals surface area contributed by atoms with Crippen LogP contribution in [0.4, 0.5) is 5.69 Å². The number of aryl methyl sites for hydroxylation is 1. The van der Waals surface area contributed by atoms with Crippen molar-refractivity contribution in [2.45, 2.75) is 19.3 Å². The van der Waals surface area contributed by atoms with Crippen molar-refractivity contribution in [1.82, 2.24) is 10.9 Å². The minimum atomic E-state index is -0.0413. The zero-order chi connectivity index (χ0) is 17.8. The van der Waals surface area contributed by atoms with Crippen molar-refractivity contribution >= 4 is 28.9 Å². The van der Waals surface area contributed by atoms with Gasteiger partial charge in [-0.3, -0.25) is 15.6 Å². The summed E-state index contributed by atoms with van der Waals surface area (Å²) < 4.78 is 5.16. The van der Waals surface area contributed by atoms with E-state index in [4.69, 9.17) is 17.0 Å². The van der Waals surface area contributed by atoms with Crippen molar-refractivity contribution < 1.29 is 9.53 Å². The first-order valence-corrected chi connectivity index (χ1v) is 8.55. The van der Waals surface area contributed by atoms with E-state index in [1.54, 1.807) is 7.11 Å². The first-order chi connectivity index (χ1) is 12.1. The number of hydrazine groups is 1. The summed E-state index contributed by atoms with van der Waals surface area (Å²) in [4.78, 5) is 12.2. The van der Waals surface area contributed by atoms with Crippen molar-refractivity contribution in [3.63, 3.8) is 0 Å². The first-order valence-electron chi connectivity index (χ1n) is 8.14. The minimum Gasteiger partial charge on any atom is -0.497 e. The van der Waals surface area contributed by atoms with Crippen LogP contribution in [0.15, 0.2) is 48.5 Å². The fourth-order valence-electron chi connectivity index (χ4n) is 2.74. The fraction of sp³-hybridized carbons (Fsp3) is 0.263. The summed E-state index contributed by atoms with van der Waals surface area (Å²) in [7, 11) is 1.61. The van der Waals surface area contributed by atoms with E-state index in [2.05, 4.69) is 47.4 Å². The number of hydrogen-bond acceptors (Lipinski definition) is 3. The maximum Gasteiger partial charge on any atom is 0.242 e. The summed E-state index contributed by atoms with van der Waals surface area (Å²) in [5.74, 6) is 0.980. The molecule has 0 spiro atoms. The lowest BCUT2D eigenvalue weighted by atomic mass is 10.1. The monoisotopic (exact) mass is 355 g/mol. The third kappa shape index (κ3) is 4.48. The van der Waals surface area contributed by atoms with Gasteiger partial charge in [0.15, 0.2) is 5.11 Å². The van der Waals surface area contributed by atoms with E-state index >= 15 is 0 Å². The molecule has 1 saturated carbocycles. The average molecular weight is 355 g/mol. The molecule has 1 amide bonds. The molecule has 25 heavy (non-hydrogen) atoms. The number of rotatable bonds is 4. The average Bonchev–Trinajstić information content (AvgIpc) is 3.41. The molecule has 1 aliphatic rings. The Hall–Kier alpha value is -2.60. The van der Waals surface area contributed by atoms with Gasteiger partial charge in [0.1, 0.15) is 5.75 Å². The lowest BCUT2D eigenvalue weighted by molar-refractivity contribution is -0.122. The summed E-state index contributed by atoms with van der Waals surface area (Å²) in [5, 5.41) is 3.33. The van der Waals surface area contributed by atoms with Crippen molar-refractivity contribution in [3.05, 3.63) is 59.7 Å². The lowest BCUT2D eigenvalue weighted by Gasteiger charge is -2.12. The van der Waals surface area contributed by atoms with Crippen LogP contribution in [0.25, 0.3) is 0 Å². The summed E-state index contributed by atoms with van der Waals surface area (Å²) in [5.41, 5.74) is 8.65. The van der Waals surface area contributed by atoms with E-state index < -0.39 is 0 Å². The number of nitrogens with one attached hydrogen (secondary N) is 3. The Balaban J connectivity index is 1.46. The number of ether oxygens (including phenoxy) is 1. The van der Waals surface area contributed by atoms with Crippen LogP contribution in [0, 0.1) is 12.8 Å². The molecule has 3 rings (SSSR count). The molecule has 2 atom stereocenters. The topological polar surface area (TPSA) is 62.4 Å². The van der Waals surface area contributed by atoms with Crippen LogP contribution in [-0.2, 0) is 4.79 Å². The second-order valence-corrected chi connectivity index (χ2v) is 6.57. The van der Waals surface area contributed by atoms with Crippen LogP contribution >= 0.6 is 12.2 Å². The van der Waals surface area contributed by atoms with Crippen LogP contribution in [0.1, 0.15) is 23.5 Å². The molecular formula is C19H21N3O2S. The molecule has 6 heteroatoms. The van der Waals surface area contributed by atoms with Gasteiger partial charge >= 0.3 is 0 Å². The number of anilines is 1. The van der Waals surface area contributed by atoms with Gasteiger partial charge in [-0.15, -0.1) is 0 Å². The lowest BCUT2D eigenvalue weighted by Crippen LogP contribution is -2.44. The molecule has 0 bridgehead atoms. The van der Waals surface area contributed by atoms with Gasteiger partial charge in [0.2, 0.25) is 5.91 Å². The molecule has 0 radical (unpaired) electrons. The molecule has 2 unspecified atom stereocenters. The minimum absolute atomic E-state index is 0.00479.